The van der Waals surface area contributed by atoms with Crippen LogP contribution in [0.15, 0.2) is 82.0 Å². The van der Waals surface area contributed by atoms with Crippen LogP contribution in [0.2, 0.25) is 0 Å². The van der Waals surface area contributed by atoms with Crippen molar-refractivity contribution in [1.82, 2.24) is 9.97 Å². The molecule has 49 heavy (non-hydrogen) atoms. The first-order valence-corrected chi connectivity index (χ1v) is 18.7. The van der Waals surface area contributed by atoms with Gasteiger partial charge in [0.1, 0.15) is 0 Å². The number of hydrogen-bond acceptors (Lipinski definition) is 6. The Balaban J connectivity index is 0.000000194. The van der Waals surface area contributed by atoms with Gasteiger partial charge in [-0.25, -0.2) is 0 Å². The third-order valence-corrected chi connectivity index (χ3v) is 11.6. The van der Waals surface area contributed by atoms with Crippen LogP contribution in [-0.2, 0) is 29.7 Å². The zero-order valence-corrected chi connectivity index (χ0v) is 34.1. The van der Waals surface area contributed by atoms with Crippen LogP contribution in [0, 0.1) is 24.7 Å². The van der Waals surface area contributed by atoms with Gasteiger partial charge in [0.25, 0.3) is 0 Å². The number of hydrogen-bond donors (Lipinski definition) is 0. The Morgan fingerprint density at radius 3 is 1.16 bits per heavy atom. The summed E-state index contributed by atoms with van der Waals surface area (Å²) < 4.78 is 9.28. The summed E-state index contributed by atoms with van der Waals surface area (Å²) in [5, 5.41) is 25.8. The van der Waals surface area contributed by atoms with Gasteiger partial charge in [-0.05, 0) is 101 Å². The molecule has 0 bridgehead atoms. The van der Waals surface area contributed by atoms with Crippen molar-refractivity contribution in [1.29, 1.82) is 0 Å². The Morgan fingerprint density at radius 2 is 0.898 bits per heavy atom. The van der Waals surface area contributed by atoms with Crippen LogP contribution in [0.1, 0.15) is 91.8 Å². The molecule has 0 saturated heterocycles. The number of allylic oxidation sites excluding steroid dienone is 8. The zero-order chi connectivity index (χ0) is 36.6. The normalized spacial score (nSPS) is 16.6. The Bertz CT molecular complexity index is 1920. The first kappa shape index (κ1) is 38.4. The van der Waals surface area contributed by atoms with Crippen molar-refractivity contribution in [2.45, 2.75) is 83.1 Å². The van der Waals surface area contributed by atoms with Crippen molar-refractivity contribution in [3.05, 3.63) is 104 Å². The Hall–Kier alpha value is -3.38. The predicted molar refractivity (Wildman–Crippen MR) is 195 cm³/mol. The van der Waals surface area contributed by atoms with E-state index in [2.05, 4.69) is 97.0 Å². The van der Waals surface area contributed by atoms with E-state index < -0.39 is 24.1 Å². The van der Waals surface area contributed by atoms with E-state index in [0.717, 1.165) is 33.3 Å². The average molecular weight is 738 g/mol. The number of aromatic nitrogens is 2. The van der Waals surface area contributed by atoms with Crippen LogP contribution >= 0.6 is 0 Å². The molecule has 0 fully saturated rings. The van der Waals surface area contributed by atoms with Crippen LogP contribution in [0.5, 0.6) is 11.5 Å². The minimum atomic E-state index is -0.782. The third-order valence-electron chi connectivity index (χ3n) is 10.8. The molecule has 4 aromatic rings. The van der Waals surface area contributed by atoms with Crippen molar-refractivity contribution < 1.29 is 40.0 Å². The van der Waals surface area contributed by atoms with E-state index in [0.29, 0.717) is 11.0 Å². The monoisotopic (exact) mass is 736 g/mol. The number of rotatable bonds is 4. The molecule has 6 rings (SSSR count). The summed E-state index contributed by atoms with van der Waals surface area (Å²) in [6.45, 7) is 26.3. The third kappa shape index (κ3) is 7.13. The van der Waals surface area contributed by atoms with Crippen LogP contribution in [0.4, 0.5) is 0 Å². The zero-order valence-electron chi connectivity index (χ0n) is 31.6. The van der Waals surface area contributed by atoms with Gasteiger partial charge in [-0.3, -0.25) is 9.97 Å². The van der Waals surface area contributed by atoms with E-state index in [1.165, 1.54) is 44.6 Å². The molecule has 0 radical (unpaired) electrons. The van der Waals surface area contributed by atoms with Gasteiger partial charge in [-0.1, -0.05) is 86.7 Å². The standard InChI is InChI=1S/2C20H23NO.2CH3O.Zr/c2*1-11-12(2)18(20(5,6)13(11)3)16-10-15-8-7-9-17(22)19(15)21-14(16)4;2*1-2;/h2*7-10,22H,1-6H3;2*1H3;/q;;2*-1;+4/p-2. The molecule has 0 aliphatic heterocycles. The summed E-state index contributed by atoms with van der Waals surface area (Å²) in [6, 6.07) is 15.0. The summed E-state index contributed by atoms with van der Waals surface area (Å²) in [4.78, 5) is 9.21. The molecule has 2 aliphatic rings. The van der Waals surface area contributed by atoms with Gasteiger partial charge in [0, 0.05) is 44.1 Å². The maximum absolute atomic E-state index is 12.0. The van der Waals surface area contributed by atoms with Crippen molar-refractivity contribution in [3.8, 4) is 11.5 Å². The first-order chi connectivity index (χ1) is 22.9. The number of nitrogens with zero attached hydrogens (tertiary/aromatic N) is 2. The molecule has 0 amide bonds. The van der Waals surface area contributed by atoms with Crippen molar-refractivity contribution >= 4 is 33.0 Å². The fourth-order valence-electron chi connectivity index (χ4n) is 7.38. The molecule has 0 unspecified atom stereocenters. The van der Waals surface area contributed by atoms with Crippen LogP contribution in [-0.4, -0.2) is 24.2 Å². The SMILES string of the molecule is CC1=C(C)C(C)(C)C(c2cc3cccc([O-])c3nc2C)=C1C.CC1=C(C)C(C)(C)C(c2cc3cccc([O-])c3nc2C)=C1C.C[O][Zr+2][O]C. The second-order valence-electron chi connectivity index (χ2n) is 14.1. The molecule has 0 atom stereocenters. The van der Waals surface area contributed by atoms with Crippen LogP contribution in [0.25, 0.3) is 33.0 Å². The molecule has 0 saturated carbocycles. The van der Waals surface area contributed by atoms with Crippen LogP contribution in [0.3, 0.4) is 0 Å². The number of aryl methyl sites for hydroxylation is 2. The van der Waals surface area contributed by atoms with Gasteiger partial charge in [-0.2, -0.15) is 0 Å². The Morgan fingerprint density at radius 1 is 0.551 bits per heavy atom. The minimum absolute atomic E-state index is 0.00333. The number of para-hydroxylation sites is 2. The maximum atomic E-state index is 12.0. The first-order valence-electron chi connectivity index (χ1n) is 16.7. The van der Waals surface area contributed by atoms with E-state index in [1.807, 2.05) is 26.0 Å². The van der Waals surface area contributed by atoms with Crippen molar-refractivity contribution in [3.63, 3.8) is 0 Å². The van der Waals surface area contributed by atoms with E-state index in [1.54, 1.807) is 38.5 Å². The number of fused-ring (bicyclic) bond motifs is 2. The number of pyridine rings is 2. The molecular weight excluding hydrogens is 688 g/mol. The van der Waals surface area contributed by atoms with Gasteiger partial charge in [0.15, 0.2) is 0 Å². The second-order valence-corrected chi connectivity index (χ2v) is 16.6. The van der Waals surface area contributed by atoms with E-state index in [4.69, 9.17) is 0 Å². The topological polar surface area (TPSA) is 90.4 Å². The molecule has 2 heterocycles. The Kier molecular flexibility index (Phi) is 11.6. The van der Waals surface area contributed by atoms with E-state index >= 15 is 0 Å². The molecule has 0 spiro atoms. The Labute approximate surface area is 305 Å². The fourth-order valence-corrected chi connectivity index (χ4v) is 7.79. The summed E-state index contributed by atoms with van der Waals surface area (Å²) in [5.74, 6) is -0.0111. The quantitative estimate of drug-likeness (QED) is 0.207. The molecule has 2 aromatic carbocycles. The molecule has 6 nitrogen and oxygen atoms in total. The molecule has 7 heteroatoms. The van der Waals surface area contributed by atoms with Gasteiger partial charge in [0.05, 0.1) is 11.0 Å². The second kappa shape index (κ2) is 14.8. The van der Waals surface area contributed by atoms with E-state index in [9.17, 15) is 10.2 Å². The summed E-state index contributed by atoms with van der Waals surface area (Å²) in [7, 11) is 3.32. The van der Waals surface area contributed by atoms with Gasteiger partial charge < -0.3 is 10.2 Å². The molecule has 0 N–H and O–H groups in total. The van der Waals surface area contributed by atoms with E-state index in [-0.39, 0.29) is 22.3 Å². The summed E-state index contributed by atoms with van der Waals surface area (Å²) in [6.07, 6.45) is 0. The van der Waals surface area contributed by atoms with Gasteiger partial charge in [0.2, 0.25) is 0 Å². The fraction of sp³-hybridized carbons (Fsp3) is 0.381. The van der Waals surface area contributed by atoms with Crippen molar-refractivity contribution in [2.24, 2.45) is 10.8 Å². The van der Waals surface area contributed by atoms with Crippen molar-refractivity contribution in [2.75, 3.05) is 14.2 Å². The number of benzene rings is 2. The summed E-state index contributed by atoms with van der Waals surface area (Å²) in [5.41, 5.74) is 16.3. The summed E-state index contributed by atoms with van der Waals surface area (Å²) >= 11 is -0.782. The van der Waals surface area contributed by atoms with Gasteiger partial charge in [-0.15, -0.1) is 0 Å². The molecular formula is C42H50N2O4Zr. The predicted octanol–water partition coefficient (Wildman–Crippen LogP) is 9.72. The average Bonchev–Trinajstić information content (AvgIpc) is 3.30. The van der Waals surface area contributed by atoms with Crippen LogP contribution < -0.4 is 10.2 Å². The molecule has 2 aliphatic carbocycles. The van der Waals surface area contributed by atoms with Gasteiger partial charge >= 0.3 is 44.0 Å². The molecule has 2 aromatic heterocycles. The molecule has 256 valence electrons.